The van der Waals surface area contributed by atoms with E-state index in [4.69, 9.17) is 4.74 Å². The van der Waals surface area contributed by atoms with Crippen LogP contribution in [-0.2, 0) is 4.79 Å². The molecular weight excluding hydrogens is 259 g/mol. The molecule has 4 nitrogen and oxygen atoms in total. The van der Waals surface area contributed by atoms with E-state index in [9.17, 15) is 9.18 Å². The third-order valence-corrected chi connectivity index (χ3v) is 3.89. The van der Waals surface area contributed by atoms with Gasteiger partial charge in [0.15, 0.2) is 11.6 Å². The highest BCUT2D eigenvalue weighted by atomic mass is 19.1. The van der Waals surface area contributed by atoms with Crippen LogP contribution in [0.3, 0.4) is 0 Å². The Morgan fingerprint density at radius 3 is 2.85 bits per heavy atom. The van der Waals surface area contributed by atoms with Gasteiger partial charge in [0.25, 0.3) is 0 Å². The van der Waals surface area contributed by atoms with Crippen LogP contribution in [0.15, 0.2) is 18.2 Å². The largest absolute Gasteiger partial charge is 0.491 e. The molecule has 5 heteroatoms. The zero-order chi connectivity index (χ0) is 14.6. The minimum Gasteiger partial charge on any atom is -0.491 e. The number of carbonyl (C=O) groups is 1. The lowest BCUT2D eigenvalue weighted by atomic mass is 9.83. The van der Waals surface area contributed by atoms with E-state index in [0.717, 1.165) is 19.4 Å². The zero-order valence-corrected chi connectivity index (χ0v) is 12.0. The van der Waals surface area contributed by atoms with Crippen LogP contribution in [0.5, 0.6) is 5.75 Å². The van der Waals surface area contributed by atoms with Gasteiger partial charge < -0.3 is 15.4 Å². The molecule has 0 bridgehead atoms. The first-order valence-corrected chi connectivity index (χ1v) is 7.06. The van der Waals surface area contributed by atoms with Crippen molar-refractivity contribution < 1.29 is 13.9 Å². The Labute approximate surface area is 118 Å². The number of hydrogen-bond donors (Lipinski definition) is 2. The molecular formula is C15H21FN2O2. The first-order valence-electron chi connectivity index (χ1n) is 7.06. The molecule has 20 heavy (non-hydrogen) atoms. The van der Waals surface area contributed by atoms with Crippen LogP contribution >= 0.6 is 0 Å². The van der Waals surface area contributed by atoms with Crippen LogP contribution in [-0.4, -0.2) is 25.6 Å². The Hall–Kier alpha value is -1.62. The lowest BCUT2D eigenvalue weighted by Crippen LogP contribution is -2.37. The average molecular weight is 280 g/mol. The molecule has 0 aromatic heterocycles. The number of carbonyl (C=O) groups excluding carboxylic acids is 1. The summed E-state index contributed by atoms with van der Waals surface area (Å²) >= 11 is 0. The highest BCUT2D eigenvalue weighted by molar-refractivity contribution is 5.95. The standard InChI is InChI=1S/C15H21FN2O2/c1-3-15(7-8-17-10-15)14(19)18-11-5-6-13(20-4-2)12(16)9-11/h5-6,9,17H,3-4,7-8,10H2,1-2H3,(H,18,19). The van der Waals surface area contributed by atoms with Crippen molar-refractivity contribution in [3.63, 3.8) is 0 Å². The number of nitrogens with one attached hydrogen (secondary N) is 2. The van der Waals surface area contributed by atoms with Gasteiger partial charge in [-0.05, 0) is 38.4 Å². The van der Waals surface area contributed by atoms with Crippen molar-refractivity contribution in [2.75, 3.05) is 25.0 Å². The van der Waals surface area contributed by atoms with E-state index < -0.39 is 5.82 Å². The maximum atomic E-state index is 13.8. The third kappa shape index (κ3) is 2.93. The number of halogens is 1. The molecule has 110 valence electrons. The Morgan fingerprint density at radius 2 is 2.30 bits per heavy atom. The van der Waals surface area contributed by atoms with E-state index in [1.165, 1.54) is 6.07 Å². The molecule has 0 radical (unpaired) electrons. The summed E-state index contributed by atoms with van der Waals surface area (Å²) in [6.07, 6.45) is 1.58. The van der Waals surface area contributed by atoms with Gasteiger partial charge in [0, 0.05) is 18.3 Å². The molecule has 0 spiro atoms. The second kappa shape index (κ2) is 6.22. The maximum Gasteiger partial charge on any atom is 0.231 e. The first kappa shape index (κ1) is 14.8. The third-order valence-electron chi connectivity index (χ3n) is 3.89. The Morgan fingerprint density at radius 1 is 1.50 bits per heavy atom. The maximum absolute atomic E-state index is 13.8. The molecule has 1 aromatic carbocycles. The van der Waals surface area contributed by atoms with Crippen molar-refractivity contribution >= 4 is 11.6 Å². The second-order valence-corrected chi connectivity index (χ2v) is 5.09. The fraction of sp³-hybridized carbons (Fsp3) is 0.533. The summed E-state index contributed by atoms with van der Waals surface area (Å²) in [7, 11) is 0. The van der Waals surface area contributed by atoms with Gasteiger partial charge in [-0.2, -0.15) is 0 Å². The normalized spacial score (nSPS) is 21.8. The van der Waals surface area contributed by atoms with Crippen molar-refractivity contribution in [2.45, 2.75) is 26.7 Å². The number of hydrogen-bond acceptors (Lipinski definition) is 3. The number of rotatable bonds is 5. The molecule has 1 unspecified atom stereocenters. The van der Waals surface area contributed by atoms with Gasteiger partial charge in [0.2, 0.25) is 5.91 Å². The van der Waals surface area contributed by atoms with Gasteiger partial charge in [-0.1, -0.05) is 6.92 Å². The van der Waals surface area contributed by atoms with Crippen molar-refractivity contribution in [3.8, 4) is 5.75 Å². The SMILES string of the molecule is CCOc1ccc(NC(=O)C2(CC)CCNC2)cc1F. The number of anilines is 1. The van der Waals surface area contributed by atoms with Crippen LogP contribution in [0.4, 0.5) is 10.1 Å². The van der Waals surface area contributed by atoms with Crippen LogP contribution in [0.1, 0.15) is 26.7 Å². The van der Waals surface area contributed by atoms with Crippen molar-refractivity contribution in [1.29, 1.82) is 0 Å². The Bertz CT molecular complexity index is 485. The van der Waals surface area contributed by atoms with Gasteiger partial charge >= 0.3 is 0 Å². The monoisotopic (exact) mass is 280 g/mol. The molecule has 1 amide bonds. The highest BCUT2D eigenvalue weighted by Crippen LogP contribution is 2.31. The molecule has 1 saturated heterocycles. The summed E-state index contributed by atoms with van der Waals surface area (Å²) in [5.74, 6) is -0.299. The molecule has 2 rings (SSSR count). The van der Waals surface area contributed by atoms with Gasteiger partial charge in [-0.15, -0.1) is 0 Å². The quantitative estimate of drug-likeness (QED) is 0.871. The summed E-state index contributed by atoms with van der Waals surface area (Å²) in [5, 5.41) is 6.02. The minimum absolute atomic E-state index is 0.0476. The van der Waals surface area contributed by atoms with Gasteiger partial charge in [-0.3, -0.25) is 4.79 Å². The minimum atomic E-state index is -0.459. The Balaban J connectivity index is 2.09. The summed E-state index contributed by atoms with van der Waals surface area (Å²) < 4.78 is 18.9. The summed E-state index contributed by atoms with van der Waals surface area (Å²) in [5.41, 5.74) is 0.0883. The van der Waals surface area contributed by atoms with E-state index in [1.807, 2.05) is 6.92 Å². The van der Waals surface area contributed by atoms with Gasteiger partial charge in [0.1, 0.15) is 0 Å². The average Bonchev–Trinajstić information content (AvgIpc) is 2.92. The van der Waals surface area contributed by atoms with E-state index in [2.05, 4.69) is 10.6 Å². The second-order valence-electron chi connectivity index (χ2n) is 5.09. The summed E-state index contributed by atoms with van der Waals surface area (Å²) in [6.45, 7) is 5.74. The molecule has 1 heterocycles. The molecule has 0 saturated carbocycles. The molecule has 0 aliphatic carbocycles. The number of ether oxygens (including phenoxy) is 1. The van der Waals surface area contributed by atoms with Crippen molar-refractivity contribution in [3.05, 3.63) is 24.0 Å². The topological polar surface area (TPSA) is 50.4 Å². The predicted molar refractivity (Wildman–Crippen MR) is 76.4 cm³/mol. The molecule has 1 aromatic rings. The molecule has 1 aliphatic rings. The first-order chi connectivity index (χ1) is 9.61. The van der Waals surface area contributed by atoms with E-state index in [0.29, 0.717) is 18.8 Å². The van der Waals surface area contributed by atoms with E-state index >= 15 is 0 Å². The lowest BCUT2D eigenvalue weighted by Gasteiger charge is -2.25. The van der Waals surface area contributed by atoms with Crippen LogP contribution < -0.4 is 15.4 Å². The van der Waals surface area contributed by atoms with Crippen LogP contribution in [0, 0.1) is 11.2 Å². The van der Waals surface area contributed by atoms with Crippen LogP contribution in [0.25, 0.3) is 0 Å². The summed E-state index contributed by atoms with van der Waals surface area (Å²) in [4.78, 5) is 12.4. The summed E-state index contributed by atoms with van der Waals surface area (Å²) in [6, 6.07) is 4.51. The number of amides is 1. The van der Waals surface area contributed by atoms with Gasteiger partial charge in [-0.25, -0.2) is 4.39 Å². The molecule has 1 fully saturated rings. The Kier molecular flexibility index (Phi) is 4.60. The smallest absolute Gasteiger partial charge is 0.231 e. The fourth-order valence-electron chi connectivity index (χ4n) is 2.51. The molecule has 1 aliphatic heterocycles. The van der Waals surface area contributed by atoms with Crippen molar-refractivity contribution in [1.82, 2.24) is 5.32 Å². The molecule has 2 N–H and O–H groups in total. The van der Waals surface area contributed by atoms with Gasteiger partial charge in [0.05, 0.1) is 12.0 Å². The highest BCUT2D eigenvalue weighted by Gasteiger charge is 2.39. The lowest BCUT2D eigenvalue weighted by molar-refractivity contribution is -0.124. The van der Waals surface area contributed by atoms with E-state index in [-0.39, 0.29) is 17.1 Å². The predicted octanol–water partition coefficient (Wildman–Crippen LogP) is 2.55. The van der Waals surface area contributed by atoms with E-state index in [1.54, 1.807) is 19.1 Å². The van der Waals surface area contributed by atoms with Crippen LogP contribution in [0.2, 0.25) is 0 Å². The number of benzene rings is 1. The van der Waals surface area contributed by atoms with Crippen molar-refractivity contribution in [2.24, 2.45) is 5.41 Å². The zero-order valence-electron chi connectivity index (χ0n) is 12.0. The molecule has 1 atom stereocenters. The fourth-order valence-corrected chi connectivity index (χ4v) is 2.51.